The highest BCUT2D eigenvalue weighted by Crippen LogP contribution is 2.52. The first kappa shape index (κ1) is 30.1. The first-order chi connectivity index (χ1) is 25.9. The molecule has 0 atom stereocenters. The average molecular weight is 683 g/mol. The second-order valence-electron chi connectivity index (χ2n) is 14.9. The molecule has 0 unspecified atom stereocenters. The Bertz CT molecular complexity index is 3140. The quantitative estimate of drug-likeness (QED) is 0.185. The molecule has 0 aliphatic heterocycles. The van der Waals surface area contributed by atoms with Crippen LogP contribution in [0.4, 0.5) is 0 Å². The van der Waals surface area contributed by atoms with Gasteiger partial charge in [-0.1, -0.05) is 117 Å². The van der Waals surface area contributed by atoms with Crippen molar-refractivity contribution in [2.45, 2.75) is 32.6 Å². The van der Waals surface area contributed by atoms with Crippen molar-refractivity contribution in [3.05, 3.63) is 168 Å². The SMILES string of the molecule is Cc1cc2ccccc2cc1-c1ccc2c(c1Cc1nc(-c3ccc4c(c3)oc3ccccc34)c3oc4ccccc4c3n1)C(C)(C)c1ccccc1-2. The van der Waals surface area contributed by atoms with E-state index in [0.717, 1.165) is 55.5 Å². The number of hydrogen-bond acceptors (Lipinski definition) is 4. The molecule has 7 aromatic carbocycles. The van der Waals surface area contributed by atoms with E-state index in [-0.39, 0.29) is 5.41 Å². The van der Waals surface area contributed by atoms with E-state index in [9.17, 15) is 0 Å². The predicted octanol–water partition coefficient (Wildman–Crippen LogP) is 13.0. The highest BCUT2D eigenvalue weighted by molar-refractivity contribution is 6.09. The maximum Gasteiger partial charge on any atom is 0.180 e. The van der Waals surface area contributed by atoms with Gasteiger partial charge in [-0.15, -0.1) is 0 Å². The third-order valence-electron chi connectivity index (χ3n) is 11.5. The zero-order chi connectivity index (χ0) is 35.4. The first-order valence-electron chi connectivity index (χ1n) is 18.3. The monoisotopic (exact) mass is 682 g/mol. The maximum absolute atomic E-state index is 6.56. The lowest BCUT2D eigenvalue weighted by molar-refractivity contribution is 0.651. The van der Waals surface area contributed by atoms with E-state index in [0.29, 0.717) is 12.0 Å². The molecule has 0 fully saturated rings. The van der Waals surface area contributed by atoms with Crippen molar-refractivity contribution in [1.29, 1.82) is 0 Å². The molecule has 0 spiro atoms. The van der Waals surface area contributed by atoms with Crippen LogP contribution in [0.2, 0.25) is 0 Å². The van der Waals surface area contributed by atoms with Crippen LogP contribution in [0.25, 0.3) is 88.3 Å². The molecule has 0 saturated carbocycles. The Morgan fingerprint density at radius 2 is 1.23 bits per heavy atom. The normalized spacial score (nSPS) is 13.4. The van der Waals surface area contributed by atoms with Crippen LogP contribution in [-0.2, 0) is 11.8 Å². The number of furan rings is 2. The van der Waals surface area contributed by atoms with Crippen molar-refractivity contribution in [2.75, 3.05) is 0 Å². The third kappa shape index (κ3) is 4.42. The van der Waals surface area contributed by atoms with Crippen molar-refractivity contribution in [2.24, 2.45) is 0 Å². The Labute approximate surface area is 306 Å². The summed E-state index contributed by atoms with van der Waals surface area (Å²) >= 11 is 0. The van der Waals surface area contributed by atoms with E-state index >= 15 is 0 Å². The molecule has 4 heteroatoms. The number of benzene rings is 7. The van der Waals surface area contributed by atoms with Crippen LogP contribution in [0.1, 0.15) is 41.9 Å². The molecule has 11 rings (SSSR count). The van der Waals surface area contributed by atoms with Crippen molar-refractivity contribution in [3.63, 3.8) is 0 Å². The number of aromatic nitrogens is 2. The minimum absolute atomic E-state index is 0.219. The Morgan fingerprint density at radius 1 is 0.547 bits per heavy atom. The molecule has 0 amide bonds. The van der Waals surface area contributed by atoms with Crippen LogP contribution in [-0.4, -0.2) is 9.97 Å². The Balaban J connectivity index is 1.17. The average Bonchev–Trinajstić information content (AvgIpc) is 3.82. The van der Waals surface area contributed by atoms with Gasteiger partial charge in [-0.25, -0.2) is 9.97 Å². The van der Waals surface area contributed by atoms with Crippen molar-refractivity contribution in [1.82, 2.24) is 9.97 Å². The van der Waals surface area contributed by atoms with E-state index in [2.05, 4.69) is 124 Å². The fourth-order valence-corrected chi connectivity index (χ4v) is 9.01. The van der Waals surface area contributed by atoms with E-state index < -0.39 is 0 Å². The van der Waals surface area contributed by atoms with E-state index in [1.165, 1.54) is 55.3 Å². The number of rotatable bonds is 4. The number of aryl methyl sites for hydroxylation is 1. The minimum Gasteiger partial charge on any atom is -0.456 e. The van der Waals surface area contributed by atoms with Gasteiger partial charge in [0.15, 0.2) is 5.58 Å². The van der Waals surface area contributed by atoms with Crippen LogP contribution < -0.4 is 0 Å². The van der Waals surface area contributed by atoms with Crippen LogP contribution in [0.5, 0.6) is 0 Å². The summed E-state index contributed by atoms with van der Waals surface area (Å²) < 4.78 is 12.9. The van der Waals surface area contributed by atoms with Gasteiger partial charge in [-0.05, 0) is 98.6 Å². The molecule has 252 valence electrons. The summed E-state index contributed by atoms with van der Waals surface area (Å²) in [5.74, 6) is 0.753. The third-order valence-corrected chi connectivity index (χ3v) is 11.5. The van der Waals surface area contributed by atoms with Crippen LogP contribution in [0.3, 0.4) is 0 Å². The molecule has 53 heavy (non-hydrogen) atoms. The van der Waals surface area contributed by atoms with Gasteiger partial charge >= 0.3 is 0 Å². The summed E-state index contributed by atoms with van der Waals surface area (Å²) in [4.78, 5) is 10.7. The van der Waals surface area contributed by atoms with Crippen LogP contribution in [0, 0.1) is 6.92 Å². The summed E-state index contributed by atoms with van der Waals surface area (Å²) in [5.41, 5.74) is 15.7. The topological polar surface area (TPSA) is 52.1 Å². The molecule has 0 N–H and O–H groups in total. The number of fused-ring (bicyclic) bond motifs is 10. The van der Waals surface area contributed by atoms with Crippen molar-refractivity contribution >= 4 is 54.8 Å². The molecule has 1 aliphatic rings. The Kier molecular flexibility index (Phi) is 6.25. The van der Waals surface area contributed by atoms with E-state index in [1.807, 2.05) is 36.4 Å². The number of nitrogens with zero attached hydrogens (tertiary/aromatic N) is 2. The van der Waals surface area contributed by atoms with Gasteiger partial charge in [0.25, 0.3) is 0 Å². The molecule has 3 aromatic heterocycles. The molecule has 10 aromatic rings. The van der Waals surface area contributed by atoms with Gasteiger partial charge in [0.2, 0.25) is 0 Å². The summed E-state index contributed by atoms with van der Waals surface area (Å²) in [5, 5.41) is 5.64. The van der Waals surface area contributed by atoms with E-state index in [4.69, 9.17) is 18.8 Å². The standard InChI is InChI=1S/C49H34N2O2/c1-28-24-29-12-4-5-13-30(29)25-38(28)32-22-23-36-33-14-6-9-17-40(33)49(2,3)45(36)39(32)27-44-50-46(48-47(51-44)37-16-8-11-19-42(37)53-48)31-20-21-35-34-15-7-10-18-41(34)52-43(35)26-31/h4-26H,27H2,1-3H3. The smallest absolute Gasteiger partial charge is 0.180 e. The summed E-state index contributed by atoms with van der Waals surface area (Å²) in [6, 6.07) is 49.5. The van der Waals surface area contributed by atoms with Crippen molar-refractivity contribution in [3.8, 4) is 33.5 Å². The molecule has 4 nitrogen and oxygen atoms in total. The van der Waals surface area contributed by atoms with E-state index in [1.54, 1.807) is 0 Å². The molecular formula is C49H34N2O2. The highest BCUT2D eigenvalue weighted by atomic mass is 16.3. The second-order valence-corrected chi connectivity index (χ2v) is 14.9. The Hall–Kier alpha value is -6.52. The molecule has 1 aliphatic carbocycles. The fourth-order valence-electron chi connectivity index (χ4n) is 9.01. The maximum atomic E-state index is 6.56. The molecule has 0 bridgehead atoms. The van der Waals surface area contributed by atoms with Crippen LogP contribution >= 0.6 is 0 Å². The van der Waals surface area contributed by atoms with Gasteiger partial charge in [0, 0.05) is 33.6 Å². The molecular weight excluding hydrogens is 649 g/mol. The van der Waals surface area contributed by atoms with Gasteiger partial charge in [-0.2, -0.15) is 0 Å². The Morgan fingerprint density at radius 3 is 2.08 bits per heavy atom. The highest BCUT2D eigenvalue weighted by Gasteiger charge is 2.38. The summed E-state index contributed by atoms with van der Waals surface area (Å²) in [6.07, 6.45) is 0.553. The lowest BCUT2D eigenvalue weighted by Crippen LogP contribution is -2.18. The van der Waals surface area contributed by atoms with Crippen molar-refractivity contribution < 1.29 is 8.83 Å². The second kappa shape index (κ2) is 11.0. The lowest BCUT2D eigenvalue weighted by atomic mass is 9.77. The zero-order valence-electron chi connectivity index (χ0n) is 29.7. The molecule has 0 saturated heterocycles. The number of hydrogen-bond donors (Lipinski definition) is 0. The molecule has 3 heterocycles. The van der Waals surface area contributed by atoms with Gasteiger partial charge in [0.1, 0.15) is 33.8 Å². The van der Waals surface area contributed by atoms with Gasteiger partial charge < -0.3 is 8.83 Å². The first-order valence-corrected chi connectivity index (χ1v) is 18.3. The summed E-state index contributed by atoms with van der Waals surface area (Å²) in [7, 11) is 0. The van der Waals surface area contributed by atoms with Gasteiger partial charge in [0.05, 0.1) is 0 Å². The number of para-hydroxylation sites is 2. The minimum atomic E-state index is -0.219. The molecule has 0 radical (unpaired) electrons. The van der Waals surface area contributed by atoms with Gasteiger partial charge in [-0.3, -0.25) is 0 Å². The predicted molar refractivity (Wildman–Crippen MR) is 217 cm³/mol. The largest absolute Gasteiger partial charge is 0.456 e. The zero-order valence-corrected chi connectivity index (χ0v) is 29.7. The lowest BCUT2D eigenvalue weighted by Gasteiger charge is -2.26. The van der Waals surface area contributed by atoms with Crippen LogP contribution in [0.15, 0.2) is 148 Å². The summed E-state index contributed by atoms with van der Waals surface area (Å²) in [6.45, 7) is 6.95. The fraction of sp³-hybridized carbons (Fsp3) is 0.102.